The number of thiazole rings is 1. The molecular formula is C41H26N6O2S. The SMILES string of the molecule is c1ccc(-c2cccc(Oc3ccc4c5ccc(Oc6cccc(-c7ccccn7)c6)cc5n(-c5ncc(-c6cncs6)cn5)c4c3)c2)nc1. The standard InChI is InChI=1S/C41H26N6O2S/c1-3-17-43-36(11-1)27-7-5-9-30(19-27)48-32-13-15-34-35-16-14-33(49-31-10-6-8-28(20-31)37-12-2-4-18-44-37)22-39(35)47(38(34)21-32)41-45-23-29(24-46-41)40-25-42-26-50-40/h1-26H. The van der Waals surface area contributed by atoms with Crippen LogP contribution in [0.2, 0.25) is 0 Å². The molecule has 50 heavy (non-hydrogen) atoms. The number of nitrogens with zero attached hydrogens (tertiary/aromatic N) is 6. The van der Waals surface area contributed by atoms with Crippen molar-refractivity contribution in [1.82, 2.24) is 29.5 Å². The number of pyridine rings is 2. The molecule has 0 atom stereocenters. The molecule has 5 heterocycles. The first-order valence-corrected chi connectivity index (χ1v) is 16.8. The van der Waals surface area contributed by atoms with Crippen molar-refractivity contribution in [1.29, 1.82) is 0 Å². The van der Waals surface area contributed by atoms with E-state index in [4.69, 9.17) is 19.4 Å². The number of hydrogen-bond acceptors (Lipinski definition) is 8. The summed E-state index contributed by atoms with van der Waals surface area (Å²) in [6, 6.07) is 39.8. The smallest absolute Gasteiger partial charge is 0.234 e. The molecular weight excluding hydrogens is 641 g/mol. The largest absolute Gasteiger partial charge is 0.457 e. The molecule has 4 aromatic carbocycles. The Bertz CT molecular complexity index is 2450. The lowest BCUT2D eigenvalue weighted by molar-refractivity contribution is 0.483. The topological polar surface area (TPSA) is 87.8 Å². The van der Waals surface area contributed by atoms with E-state index in [2.05, 4.69) is 31.7 Å². The van der Waals surface area contributed by atoms with Gasteiger partial charge in [0.1, 0.15) is 23.0 Å². The van der Waals surface area contributed by atoms with Gasteiger partial charge in [0.2, 0.25) is 5.95 Å². The molecule has 9 rings (SSSR count). The Morgan fingerprint density at radius 2 is 1.04 bits per heavy atom. The van der Waals surface area contributed by atoms with Gasteiger partial charge in [0.15, 0.2) is 0 Å². The third kappa shape index (κ3) is 5.72. The van der Waals surface area contributed by atoms with Gasteiger partial charge in [-0.3, -0.25) is 19.5 Å². The van der Waals surface area contributed by atoms with Crippen LogP contribution in [0.4, 0.5) is 0 Å². The molecule has 0 N–H and O–H groups in total. The maximum Gasteiger partial charge on any atom is 0.234 e. The van der Waals surface area contributed by atoms with E-state index < -0.39 is 0 Å². The molecule has 9 heteroatoms. The second-order valence-corrected chi connectivity index (χ2v) is 12.4. The van der Waals surface area contributed by atoms with E-state index in [0.29, 0.717) is 28.9 Å². The van der Waals surface area contributed by atoms with Crippen LogP contribution in [-0.4, -0.2) is 29.5 Å². The Hall–Kier alpha value is -6.71. The highest BCUT2D eigenvalue weighted by Crippen LogP contribution is 2.38. The van der Waals surface area contributed by atoms with Crippen molar-refractivity contribution in [3.8, 4) is 61.9 Å². The Kier molecular flexibility index (Phi) is 7.49. The van der Waals surface area contributed by atoms with Gasteiger partial charge < -0.3 is 9.47 Å². The fraction of sp³-hybridized carbons (Fsp3) is 0. The molecule has 0 aliphatic rings. The van der Waals surface area contributed by atoms with Gasteiger partial charge in [-0.2, -0.15) is 0 Å². The molecule has 5 aromatic heterocycles. The molecule has 0 radical (unpaired) electrons. The lowest BCUT2D eigenvalue weighted by atomic mass is 10.1. The average molecular weight is 667 g/mol. The third-order valence-corrected chi connectivity index (χ3v) is 9.15. The van der Waals surface area contributed by atoms with Gasteiger partial charge in [0.25, 0.3) is 0 Å². The Morgan fingerprint density at radius 3 is 1.54 bits per heavy atom. The van der Waals surface area contributed by atoms with Crippen LogP contribution in [0.5, 0.6) is 23.0 Å². The van der Waals surface area contributed by atoms with Crippen molar-refractivity contribution >= 4 is 33.1 Å². The number of aromatic nitrogens is 6. The second-order valence-electron chi connectivity index (χ2n) is 11.5. The van der Waals surface area contributed by atoms with E-state index in [-0.39, 0.29) is 0 Å². The average Bonchev–Trinajstić information content (AvgIpc) is 3.83. The van der Waals surface area contributed by atoms with E-state index in [1.54, 1.807) is 29.2 Å². The molecule has 238 valence electrons. The Morgan fingerprint density at radius 1 is 0.480 bits per heavy atom. The predicted molar refractivity (Wildman–Crippen MR) is 197 cm³/mol. The zero-order valence-electron chi connectivity index (χ0n) is 26.4. The van der Waals surface area contributed by atoms with Gasteiger partial charge in [-0.05, 0) is 72.8 Å². The number of ether oxygens (including phenoxy) is 2. The highest BCUT2D eigenvalue weighted by atomic mass is 32.1. The van der Waals surface area contributed by atoms with E-state index >= 15 is 0 Å². The zero-order chi connectivity index (χ0) is 33.3. The summed E-state index contributed by atoms with van der Waals surface area (Å²) in [5.74, 6) is 3.32. The van der Waals surface area contributed by atoms with E-state index in [1.165, 1.54) is 0 Å². The monoisotopic (exact) mass is 666 g/mol. The van der Waals surface area contributed by atoms with Crippen molar-refractivity contribution in [2.45, 2.75) is 0 Å². The van der Waals surface area contributed by atoms with Crippen LogP contribution >= 0.6 is 11.3 Å². The lowest BCUT2D eigenvalue weighted by Gasteiger charge is -2.10. The molecule has 0 bridgehead atoms. The first kappa shape index (κ1) is 29.4. The third-order valence-electron chi connectivity index (χ3n) is 8.33. The zero-order valence-corrected chi connectivity index (χ0v) is 27.2. The van der Waals surface area contributed by atoms with E-state index in [9.17, 15) is 0 Å². The summed E-state index contributed by atoms with van der Waals surface area (Å²) in [6.07, 6.45) is 9.07. The number of fused-ring (bicyclic) bond motifs is 3. The number of benzene rings is 4. The molecule has 0 unspecified atom stereocenters. The van der Waals surface area contributed by atoms with Crippen LogP contribution in [0.3, 0.4) is 0 Å². The molecule has 0 fully saturated rings. The van der Waals surface area contributed by atoms with Crippen LogP contribution < -0.4 is 9.47 Å². The first-order chi connectivity index (χ1) is 24.7. The fourth-order valence-corrected chi connectivity index (χ4v) is 6.62. The van der Waals surface area contributed by atoms with Crippen molar-refractivity contribution in [3.05, 3.63) is 158 Å². The quantitative estimate of drug-likeness (QED) is 0.159. The lowest BCUT2D eigenvalue weighted by Crippen LogP contribution is -2.01. The Labute approximate surface area is 291 Å². The minimum Gasteiger partial charge on any atom is -0.457 e. The van der Waals surface area contributed by atoms with Crippen LogP contribution in [0.25, 0.3) is 60.7 Å². The van der Waals surface area contributed by atoms with Crippen LogP contribution in [-0.2, 0) is 0 Å². The van der Waals surface area contributed by atoms with Gasteiger partial charge in [-0.25, -0.2) is 9.97 Å². The summed E-state index contributed by atoms with van der Waals surface area (Å²) >= 11 is 1.55. The van der Waals surface area contributed by atoms with Gasteiger partial charge >= 0.3 is 0 Å². The first-order valence-electron chi connectivity index (χ1n) is 15.9. The molecule has 0 amide bonds. The minimum atomic E-state index is 0.530. The van der Waals surface area contributed by atoms with Crippen molar-refractivity contribution < 1.29 is 9.47 Å². The summed E-state index contributed by atoms with van der Waals surface area (Å²) in [6.45, 7) is 0. The van der Waals surface area contributed by atoms with Gasteiger partial charge in [0, 0.05) is 70.6 Å². The molecule has 8 nitrogen and oxygen atoms in total. The van der Waals surface area contributed by atoms with E-state index in [0.717, 1.165) is 54.8 Å². The molecule has 0 saturated carbocycles. The van der Waals surface area contributed by atoms with Crippen LogP contribution in [0.1, 0.15) is 0 Å². The van der Waals surface area contributed by atoms with E-state index in [1.807, 2.05) is 128 Å². The Balaban J connectivity index is 1.13. The fourth-order valence-electron chi connectivity index (χ4n) is 6.02. The van der Waals surface area contributed by atoms with Crippen molar-refractivity contribution in [3.63, 3.8) is 0 Å². The van der Waals surface area contributed by atoms with Crippen LogP contribution in [0.15, 0.2) is 158 Å². The molecule has 0 spiro atoms. The molecule has 0 aliphatic heterocycles. The summed E-state index contributed by atoms with van der Waals surface area (Å²) in [7, 11) is 0. The summed E-state index contributed by atoms with van der Waals surface area (Å²) < 4.78 is 14.9. The number of rotatable bonds is 8. The van der Waals surface area contributed by atoms with Crippen LogP contribution in [0, 0.1) is 0 Å². The normalized spacial score (nSPS) is 11.2. The van der Waals surface area contributed by atoms with Gasteiger partial charge in [-0.1, -0.05) is 36.4 Å². The maximum atomic E-state index is 6.44. The van der Waals surface area contributed by atoms with Gasteiger partial charge in [0.05, 0.1) is 32.8 Å². The number of hydrogen-bond donors (Lipinski definition) is 0. The predicted octanol–water partition coefficient (Wildman–Crippen LogP) is 10.4. The summed E-state index contributed by atoms with van der Waals surface area (Å²) in [5, 5.41) is 2.07. The highest BCUT2D eigenvalue weighted by molar-refractivity contribution is 7.13. The van der Waals surface area contributed by atoms with Gasteiger partial charge in [-0.15, -0.1) is 11.3 Å². The van der Waals surface area contributed by atoms with Crippen molar-refractivity contribution in [2.75, 3.05) is 0 Å². The molecule has 9 aromatic rings. The van der Waals surface area contributed by atoms with Crippen molar-refractivity contribution in [2.24, 2.45) is 0 Å². The molecule has 0 saturated heterocycles. The maximum absolute atomic E-state index is 6.44. The molecule has 0 aliphatic carbocycles. The summed E-state index contributed by atoms with van der Waals surface area (Å²) in [4.78, 5) is 23.9. The minimum absolute atomic E-state index is 0.530. The summed E-state index contributed by atoms with van der Waals surface area (Å²) in [5.41, 5.74) is 8.23. The second kappa shape index (κ2) is 12.7. The highest BCUT2D eigenvalue weighted by Gasteiger charge is 2.17.